The van der Waals surface area contributed by atoms with Crippen LogP contribution in [-0.2, 0) is 19.7 Å². The fraction of sp³-hybridized carbons (Fsp3) is 0.217. The van der Waals surface area contributed by atoms with Crippen molar-refractivity contribution < 1.29 is 9.47 Å². The van der Waals surface area contributed by atoms with Crippen molar-refractivity contribution in [1.29, 1.82) is 0 Å². The second-order valence-electron chi connectivity index (χ2n) is 6.31. The van der Waals surface area contributed by atoms with Crippen LogP contribution in [0, 0.1) is 6.92 Å². The SMILES string of the molecule is COc1ccc(CNCc2cccc(OCc3ccccc3C)c2)cc1. The third kappa shape index (κ3) is 5.11. The van der Waals surface area contributed by atoms with E-state index in [9.17, 15) is 0 Å². The van der Waals surface area contributed by atoms with Crippen molar-refractivity contribution >= 4 is 0 Å². The Balaban J connectivity index is 1.51. The largest absolute Gasteiger partial charge is 0.497 e. The molecular formula is C23H25NO2. The Labute approximate surface area is 155 Å². The van der Waals surface area contributed by atoms with Crippen molar-refractivity contribution in [2.75, 3.05) is 7.11 Å². The molecule has 0 spiro atoms. The molecule has 1 N–H and O–H groups in total. The van der Waals surface area contributed by atoms with Crippen LogP contribution >= 0.6 is 0 Å². The predicted molar refractivity (Wildman–Crippen MR) is 105 cm³/mol. The maximum absolute atomic E-state index is 5.96. The molecule has 0 aromatic heterocycles. The highest BCUT2D eigenvalue weighted by Crippen LogP contribution is 2.17. The highest BCUT2D eigenvalue weighted by Gasteiger charge is 2.01. The van der Waals surface area contributed by atoms with E-state index >= 15 is 0 Å². The summed E-state index contributed by atoms with van der Waals surface area (Å²) in [6.07, 6.45) is 0. The second-order valence-corrected chi connectivity index (χ2v) is 6.31. The second kappa shape index (κ2) is 9.07. The van der Waals surface area contributed by atoms with Gasteiger partial charge in [0, 0.05) is 13.1 Å². The zero-order chi connectivity index (χ0) is 18.2. The first-order valence-corrected chi connectivity index (χ1v) is 8.84. The lowest BCUT2D eigenvalue weighted by Gasteiger charge is -2.11. The molecular weight excluding hydrogens is 322 g/mol. The number of rotatable bonds is 8. The van der Waals surface area contributed by atoms with E-state index < -0.39 is 0 Å². The monoisotopic (exact) mass is 347 g/mol. The quantitative estimate of drug-likeness (QED) is 0.630. The molecule has 0 saturated heterocycles. The molecule has 0 aliphatic heterocycles. The number of aryl methyl sites for hydroxylation is 1. The normalized spacial score (nSPS) is 10.5. The van der Waals surface area contributed by atoms with Crippen LogP contribution in [0.5, 0.6) is 11.5 Å². The van der Waals surface area contributed by atoms with Gasteiger partial charge in [0.2, 0.25) is 0 Å². The molecule has 3 rings (SSSR count). The lowest BCUT2D eigenvalue weighted by molar-refractivity contribution is 0.305. The molecule has 3 aromatic carbocycles. The van der Waals surface area contributed by atoms with E-state index in [1.54, 1.807) is 7.11 Å². The van der Waals surface area contributed by atoms with Crippen LogP contribution < -0.4 is 14.8 Å². The summed E-state index contributed by atoms with van der Waals surface area (Å²) in [5.41, 5.74) is 4.92. The molecule has 0 fully saturated rings. The van der Waals surface area contributed by atoms with Crippen LogP contribution in [0.2, 0.25) is 0 Å². The number of hydrogen-bond acceptors (Lipinski definition) is 3. The topological polar surface area (TPSA) is 30.5 Å². The fourth-order valence-corrected chi connectivity index (χ4v) is 2.77. The zero-order valence-electron chi connectivity index (χ0n) is 15.4. The van der Waals surface area contributed by atoms with Crippen LogP contribution in [0.1, 0.15) is 22.3 Å². The van der Waals surface area contributed by atoms with Gasteiger partial charge in [-0.25, -0.2) is 0 Å². The lowest BCUT2D eigenvalue weighted by atomic mass is 10.1. The van der Waals surface area contributed by atoms with Crippen molar-refractivity contribution in [1.82, 2.24) is 5.32 Å². The predicted octanol–water partition coefficient (Wildman–Crippen LogP) is 4.87. The number of methoxy groups -OCH3 is 1. The van der Waals surface area contributed by atoms with Gasteiger partial charge in [0.05, 0.1) is 7.11 Å². The summed E-state index contributed by atoms with van der Waals surface area (Å²) in [6, 6.07) is 24.7. The molecule has 26 heavy (non-hydrogen) atoms. The Bertz CT molecular complexity index is 828. The molecule has 3 aromatic rings. The number of hydrogen-bond donors (Lipinski definition) is 1. The van der Waals surface area contributed by atoms with Crippen molar-refractivity contribution in [3.05, 3.63) is 95.1 Å². The Hall–Kier alpha value is -2.78. The van der Waals surface area contributed by atoms with E-state index in [4.69, 9.17) is 9.47 Å². The van der Waals surface area contributed by atoms with Gasteiger partial charge in [-0.2, -0.15) is 0 Å². The summed E-state index contributed by atoms with van der Waals surface area (Å²) in [4.78, 5) is 0. The Kier molecular flexibility index (Phi) is 6.29. The first-order chi connectivity index (χ1) is 12.7. The van der Waals surface area contributed by atoms with Gasteiger partial charge in [0.25, 0.3) is 0 Å². The molecule has 0 aliphatic rings. The van der Waals surface area contributed by atoms with Gasteiger partial charge < -0.3 is 14.8 Å². The molecule has 0 atom stereocenters. The number of benzene rings is 3. The van der Waals surface area contributed by atoms with E-state index in [1.807, 2.05) is 36.4 Å². The first-order valence-electron chi connectivity index (χ1n) is 8.84. The minimum atomic E-state index is 0.593. The molecule has 0 saturated carbocycles. The zero-order valence-corrected chi connectivity index (χ0v) is 15.4. The third-order valence-electron chi connectivity index (χ3n) is 4.37. The maximum Gasteiger partial charge on any atom is 0.120 e. The summed E-state index contributed by atoms with van der Waals surface area (Å²) < 4.78 is 11.1. The van der Waals surface area contributed by atoms with Gasteiger partial charge in [-0.15, -0.1) is 0 Å². The van der Waals surface area contributed by atoms with E-state index in [-0.39, 0.29) is 0 Å². The minimum absolute atomic E-state index is 0.593. The van der Waals surface area contributed by atoms with Crippen LogP contribution in [0.15, 0.2) is 72.8 Å². The molecule has 0 aliphatic carbocycles. The fourth-order valence-electron chi connectivity index (χ4n) is 2.77. The summed E-state index contributed by atoms with van der Waals surface area (Å²) in [6.45, 7) is 4.32. The average molecular weight is 347 g/mol. The molecule has 0 unspecified atom stereocenters. The Morgan fingerprint density at radius 3 is 2.31 bits per heavy atom. The van der Waals surface area contributed by atoms with Gasteiger partial charge in [-0.3, -0.25) is 0 Å². The molecule has 0 amide bonds. The Morgan fingerprint density at radius 2 is 1.54 bits per heavy atom. The molecule has 0 radical (unpaired) electrons. The van der Waals surface area contributed by atoms with Gasteiger partial charge >= 0.3 is 0 Å². The first kappa shape index (κ1) is 18.0. The van der Waals surface area contributed by atoms with Gasteiger partial charge in [-0.1, -0.05) is 48.5 Å². The molecule has 0 heterocycles. The molecule has 3 heteroatoms. The summed E-state index contributed by atoms with van der Waals surface area (Å²) in [7, 11) is 1.68. The smallest absolute Gasteiger partial charge is 0.120 e. The van der Waals surface area contributed by atoms with E-state index in [1.165, 1.54) is 22.3 Å². The molecule has 134 valence electrons. The van der Waals surface area contributed by atoms with Crippen LogP contribution in [0.4, 0.5) is 0 Å². The highest BCUT2D eigenvalue weighted by atomic mass is 16.5. The average Bonchev–Trinajstić information content (AvgIpc) is 2.68. The van der Waals surface area contributed by atoms with Gasteiger partial charge in [-0.05, 0) is 53.4 Å². The van der Waals surface area contributed by atoms with E-state index in [0.717, 1.165) is 24.6 Å². The number of ether oxygens (including phenoxy) is 2. The van der Waals surface area contributed by atoms with E-state index in [0.29, 0.717) is 6.61 Å². The van der Waals surface area contributed by atoms with Crippen molar-refractivity contribution in [2.45, 2.75) is 26.6 Å². The molecule has 3 nitrogen and oxygen atoms in total. The van der Waals surface area contributed by atoms with Crippen molar-refractivity contribution in [3.8, 4) is 11.5 Å². The van der Waals surface area contributed by atoms with Crippen molar-refractivity contribution in [3.63, 3.8) is 0 Å². The Morgan fingerprint density at radius 1 is 0.769 bits per heavy atom. The summed E-state index contributed by atoms with van der Waals surface area (Å²) in [5, 5.41) is 3.47. The van der Waals surface area contributed by atoms with Crippen molar-refractivity contribution in [2.24, 2.45) is 0 Å². The lowest BCUT2D eigenvalue weighted by Crippen LogP contribution is -2.12. The van der Waals surface area contributed by atoms with E-state index in [2.05, 4.69) is 48.6 Å². The standard InChI is InChI=1S/C23H25NO2/c1-18-6-3-4-8-21(18)17-26-23-9-5-7-20(14-23)16-24-15-19-10-12-22(25-2)13-11-19/h3-14,24H,15-17H2,1-2H3. The summed E-state index contributed by atoms with van der Waals surface area (Å²) >= 11 is 0. The minimum Gasteiger partial charge on any atom is -0.497 e. The molecule has 0 bridgehead atoms. The number of nitrogens with one attached hydrogen (secondary N) is 1. The van der Waals surface area contributed by atoms with Crippen LogP contribution in [-0.4, -0.2) is 7.11 Å². The third-order valence-corrected chi connectivity index (χ3v) is 4.37. The maximum atomic E-state index is 5.96. The highest BCUT2D eigenvalue weighted by molar-refractivity contribution is 5.31. The van der Waals surface area contributed by atoms with Crippen LogP contribution in [0.25, 0.3) is 0 Å². The van der Waals surface area contributed by atoms with Gasteiger partial charge in [0.15, 0.2) is 0 Å². The van der Waals surface area contributed by atoms with Gasteiger partial charge in [0.1, 0.15) is 18.1 Å². The summed E-state index contributed by atoms with van der Waals surface area (Å²) in [5.74, 6) is 1.78. The van der Waals surface area contributed by atoms with Crippen LogP contribution in [0.3, 0.4) is 0 Å².